The second kappa shape index (κ2) is 7.46. The zero-order valence-electron chi connectivity index (χ0n) is 13.6. The molecular formula is C17H27NO3. The van der Waals surface area contributed by atoms with E-state index in [0.717, 1.165) is 5.75 Å². The van der Waals surface area contributed by atoms with Gasteiger partial charge in [0.05, 0.1) is 12.5 Å². The van der Waals surface area contributed by atoms with Crippen molar-refractivity contribution in [2.24, 2.45) is 5.41 Å². The maximum absolute atomic E-state index is 11.1. The van der Waals surface area contributed by atoms with Crippen molar-refractivity contribution in [3.8, 4) is 5.75 Å². The fraction of sp³-hybridized carbons (Fsp3) is 0.588. The maximum Gasteiger partial charge on any atom is 0.309 e. The Hall–Kier alpha value is -1.55. The summed E-state index contributed by atoms with van der Waals surface area (Å²) in [5, 5.41) is 12.5. The summed E-state index contributed by atoms with van der Waals surface area (Å²) in [5.74, 6) is 0.457. The first kappa shape index (κ1) is 17.5. The van der Waals surface area contributed by atoms with E-state index < -0.39 is 11.4 Å². The number of rotatable bonds is 8. The van der Waals surface area contributed by atoms with Crippen LogP contribution in [0.2, 0.25) is 0 Å². The number of carboxylic acids is 1. The van der Waals surface area contributed by atoms with Crippen LogP contribution in [0, 0.1) is 5.41 Å². The van der Waals surface area contributed by atoms with Crippen LogP contribution in [0.25, 0.3) is 0 Å². The molecule has 4 heteroatoms. The van der Waals surface area contributed by atoms with Crippen molar-refractivity contribution >= 4 is 5.97 Å². The van der Waals surface area contributed by atoms with Crippen molar-refractivity contribution in [3.63, 3.8) is 0 Å². The number of carbonyl (C=O) groups is 1. The van der Waals surface area contributed by atoms with Crippen molar-refractivity contribution in [1.29, 1.82) is 0 Å². The van der Waals surface area contributed by atoms with Crippen LogP contribution in [0.1, 0.15) is 45.6 Å². The number of hydrogen-bond acceptors (Lipinski definition) is 3. The molecule has 0 saturated carbocycles. The summed E-state index contributed by atoms with van der Waals surface area (Å²) in [6, 6.07) is 8.35. The molecule has 0 fully saturated rings. The van der Waals surface area contributed by atoms with Gasteiger partial charge in [-0.15, -0.1) is 0 Å². The zero-order valence-corrected chi connectivity index (χ0v) is 13.6. The first-order chi connectivity index (χ1) is 9.77. The topological polar surface area (TPSA) is 58.6 Å². The number of carboxylic acid groups (broad SMARTS) is 1. The average molecular weight is 293 g/mol. The van der Waals surface area contributed by atoms with Gasteiger partial charge >= 0.3 is 5.97 Å². The molecule has 0 spiro atoms. The van der Waals surface area contributed by atoms with Gasteiger partial charge < -0.3 is 15.2 Å². The molecule has 0 saturated heterocycles. The minimum atomic E-state index is -0.750. The molecule has 0 aliphatic heterocycles. The molecule has 2 N–H and O–H groups in total. The number of aliphatic carboxylic acids is 1. The lowest BCUT2D eigenvalue weighted by Crippen LogP contribution is -2.35. The highest BCUT2D eigenvalue weighted by Crippen LogP contribution is 2.23. The molecule has 2 atom stereocenters. The number of benzene rings is 1. The van der Waals surface area contributed by atoms with Gasteiger partial charge in [0.1, 0.15) is 5.75 Å². The van der Waals surface area contributed by atoms with Crippen LogP contribution in [0.5, 0.6) is 5.75 Å². The third-order valence-corrected chi connectivity index (χ3v) is 4.19. The Morgan fingerprint density at radius 1 is 1.29 bits per heavy atom. The summed E-state index contributed by atoms with van der Waals surface area (Å²) in [7, 11) is 1.66. The van der Waals surface area contributed by atoms with Crippen LogP contribution in [0.15, 0.2) is 24.3 Å². The van der Waals surface area contributed by atoms with Gasteiger partial charge in [-0.2, -0.15) is 0 Å². The van der Waals surface area contributed by atoms with Gasteiger partial charge in [-0.25, -0.2) is 0 Å². The van der Waals surface area contributed by atoms with Gasteiger partial charge in [-0.1, -0.05) is 19.1 Å². The summed E-state index contributed by atoms with van der Waals surface area (Å²) in [6.07, 6.45) is 0.613. The molecular weight excluding hydrogens is 266 g/mol. The summed E-state index contributed by atoms with van der Waals surface area (Å²) >= 11 is 0. The first-order valence-electron chi connectivity index (χ1n) is 7.38. The fourth-order valence-corrected chi connectivity index (χ4v) is 2.09. The van der Waals surface area contributed by atoms with Gasteiger partial charge in [0.25, 0.3) is 0 Å². The molecule has 0 heterocycles. The predicted octanol–water partition coefficient (Wildman–Crippen LogP) is 3.28. The minimum Gasteiger partial charge on any atom is -0.497 e. The molecule has 1 aromatic carbocycles. The maximum atomic E-state index is 11.1. The number of methoxy groups -OCH3 is 1. The van der Waals surface area contributed by atoms with E-state index >= 15 is 0 Å². The Kier molecular flexibility index (Phi) is 6.21. The van der Waals surface area contributed by atoms with Crippen LogP contribution in [0.3, 0.4) is 0 Å². The molecule has 1 rings (SSSR count). The minimum absolute atomic E-state index is 0.281. The van der Waals surface area contributed by atoms with E-state index in [1.165, 1.54) is 5.56 Å². The normalized spacial score (nSPS) is 14.5. The van der Waals surface area contributed by atoms with Crippen LogP contribution < -0.4 is 10.1 Å². The molecule has 2 unspecified atom stereocenters. The second-order valence-corrected chi connectivity index (χ2v) is 6.24. The van der Waals surface area contributed by atoms with Gasteiger partial charge in [0.15, 0.2) is 0 Å². The highest BCUT2D eigenvalue weighted by molar-refractivity contribution is 5.73. The molecule has 0 amide bonds. The van der Waals surface area contributed by atoms with E-state index in [2.05, 4.69) is 31.3 Å². The Morgan fingerprint density at radius 3 is 2.33 bits per heavy atom. The average Bonchev–Trinajstić information content (AvgIpc) is 2.46. The summed E-state index contributed by atoms with van der Waals surface area (Å²) in [6.45, 7) is 8.51. The van der Waals surface area contributed by atoms with Gasteiger partial charge in [0.2, 0.25) is 0 Å². The molecule has 0 aromatic heterocycles. The molecule has 21 heavy (non-hydrogen) atoms. The van der Waals surface area contributed by atoms with Crippen molar-refractivity contribution in [2.75, 3.05) is 13.7 Å². The summed E-state index contributed by atoms with van der Waals surface area (Å²) in [5.41, 5.74) is 0.559. The van der Waals surface area contributed by atoms with E-state index in [1.54, 1.807) is 21.0 Å². The molecule has 0 bridgehead atoms. The predicted molar refractivity (Wildman–Crippen MR) is 84.9 cm³/mol. The van der Waals surface area contributed by atoms with Crippen LogP contribution in [-0.4, -0.2) is 30.8 Å². The largest absolute Gasteiger partial charge is 0.497 e. The quantitative estimate of drug-likeness (QED) is 0.772. The highest BCUT2D eigenvalue weighted by Gasteiger charge is 2.26. The lowest BCUT2D eigenvalue weighted by molar-refractivity contribution is -0.147. The second-order valence-electron chi connectivity index (χ2n) is 6.24. The third-order valence-electron chi connectivity index (χ3n) is 4.19. The number of ether oxygens (including phenoxy) is 1. The Balaban J connectivity index is 2.50. The van der Waals surface area contributed by atoms with E-state index in [-0.39, 0.29) is 6.04 Å². The van der Waals surface area contributed by atoms with E-state index in [0.29, 0.717) is 18.9 Å². The number of nitrogens with one attached hydrogen (secondary N) is 1. The van der Waals surface area contributed by atoms with E-state index in [4.69, 9.17) is 9.84 Å². The Morgan fingerprint density at radius 2 is 1.86 bits per heavy atom. The van der Waals surface area contributed by atoms with Crippen LogP contribution >= 0.6 is 0 Å². The van der Waals surface area contributed by atoms with Gasteiger partial charge in [-0.05, 0) is 57.4 Å². The summed E-state index contributed by atoms with van der Waals surface area (Å²) in [4.78, 5) is 11.1. The molecule has 0 aliphatic rings. The van der Waals surface area contributed by atoms with Crippen LogP contribution in [0.4, 0.5) is 0 Å². The van der Waals surface area contributed by atoms with E-state index in [1.807, 2.05) is 12.1 Å². The number of hydrogen-bond donors (Lipinski definition) is 2. The lowest BCUT2D eigenvalue weighted by Gasteiger charge is -2.25. The zero-order chi connectivity index (χ0) is 16.0. The SMILES string of the molecule is COc1ccc(C(C)C(C)NCCC(C)(C)C(=O)O)cc1. The van der Waals surface area contributed by atoms with Crippen molar-refractivity contribution in [1.82, 2.24) is 5.32 Å². The molecule has 0 aliphatic carbocycles. The molecule has 4 nitrogen and oxygen atoms in total. The standard InChI is InChI=1S/C17H27NO3/c1-12(14-6-8-15(21-5)9-7-14)13(2)18-11-10-17(3,4)16(19)20/h6-9,12-13,18H,10-11H2,1-5H3,(H,19,20). The van der Waals surface area contributed by atoms with Crippen molar-refractivity contribution < 1.29 is 14.6 Å². The smallest absolute Gasteiger partial charge is 0.309 e. The van der Waals surface area contributed by atoms with Crippen molar-refractivity contribution in [3.05, 3.63) is 29.8 Å². The van der Waals surface area contributed by atoms with Crippen LogP contribution in [-0.2, 0) is 4.79 Å². The Labute approximate surface area is 127 Å². The molecule has 1 aromatic rings. The molecule has 0 radical (unpaired) electrons. The molecule has 118 valence electrons. The lowest BCUT2D eigenvalue weighted by atomic mass is 9.89. The third kappa shape index (κ3) is 5.05. The first-order valence-corrected chi connectivity index (χ1v) is 7.38. The summed E-state index contributed by atoms with van der Waals surface area (Å²) < 4.78 is 5.16. The van der Waals surface area contributed by atoms with Gasteiger partial charge in [-0.3, -0.25) is 4.79 Å². The van der Waals surface area contributed by atoms with E-state index in [9.17, 15) is 4.79 Å². The monoisotopic (exact) mass is 293 g/mol. The van der Waals surface area contributed by atoms with Gasteiger partial charge in [0, 0.05) is 6.04 Å². The highest BCUT2D eigenvalue weighted by atomic mass is 16.5. The fourth-order valence-electron chi connectivity index (χ4n) is 2.09. The van der Waals surface area contributed by atoms with Crippen molar-refractivity contribution in [2.45, 2.75) is 46.1 Å². The Bertz CT molecular complexity index is 454.